The van der Waals surface area contributed by atoms with E-state index >= 15 is 0 Å². The van der Waals surface area contributed by atoms with Crippen LogP contribution in [0.2, 0.25) is 0 Å². The van der Waals surface area contributed by atoms with E-state index in [4.69, 9.17) is 4.74 Å². The maximum atomic E-state index is 12.5. The van der Waals surface area contributed by atoms with Crippen molar-refractivity contribution in [3.8, 4) is 0 Å². The predicted octanol–water partition coefficient (Wildman–Crippen LogP) is 2.40. The summed E-state index contributed by atoms with van der Waals surface area (Å²) in [5.41, 5.74) is -4.21. The lowest BCUT2D eigenvalue weighted by Crippen LogP contribution is -2.71. The van der Waals surface area contributed by atoms with Crippen LogP contribution < -0.4 is 0 Å². The molecule has 1 saturated heterocycles. The lowest BCUT2D eigenvalue weighted by molar-refractivity contribution is -0.289. The first-order chi connectivity index (χ1) is 16.7. The molecule has 5 N–H and O–H groups in total. The molecule has 1 aliphatic heterocycles. The second kappa shape index (κ2) is 9.82. The van der Waals surface area contributed by atoms with Gasteiger partial charge in [0.1, 0.15) is 17.3 Å². The normalized spacial score (nSPS) is 31.4. The monoisotopic (exact) mass is 478 g/mol. The molecule has 6 nitrogen and oxygen atoms in total. The molecule has 5 atom stereocenters. The van der Waals surface area contributed by atoms with E-state index in [9.17, 15) is 25.5 Å². The third kappa shape index (κ3) is 4.20. The second-order valence-electron chi connectivity index (χ2n) is 9.54. The third-order valence-electron chi connectivity index (χ3n) is 7.51. The van der Waals surface area contributed by atoms with Crippen molar-refractivity contribution in [1.29, 1.82) is 0 Å². The average Bonchev–Trinajstić information content (AvgIpc) is 3.01. The minimum absolute atomic E-state index is 0.0340. The Kier molecular flexibility index (Phi) is 7.16. The predicted molar refractivity (Wildman–Crippen MR) is 132 cm³/mol. The molecule has 4 rings (SSSR count). The summed E-state index contributed by atoms with van der Waals surface area (Å²) in [6.07, 6.45) is -1.91. The highest BCUT2D eigenvalue weighted by molar-refractivity contribution is 5.35. The van der Waals surface area contributed by atoms with Gasteiger partial charge in [0, 0.05) is 19.3 Å². The van der Waals surface area contributed by atoms with Crippen molar-refractivity contribution in [3.05, 3.63) is 108 Å². The van der Waals surface area contributed by atoms with Gasteiger partial charge in [-0.3, -0.25) is 0 Å². The molecule has 0 spiro atoms. The molecular weight excluding hydrogens is 444 g/mol. The van der Waals surface area contributed by atoms with Crippen molar-refractivity contribution in [2.45, 2.75) is 61.3 Å². The first kappa shape index (κ1) is 25.5. The van der Waals surface area contributed by atoms with Crippen molar-refractivity contribution < 1.29 is 30.3 Å². The molecule has 3 aromatic carbocycles. The van der Waals surface area contributed by atoms with Crippen LogP contribution in [0.15, 0.2) is 91.0 Å². The Morgan fingerprint density at radius 3 is 1.46 bits per heavy atom. The number of hydrogen-bond acceptors (Lipinski definition) is 6. The van der Waals surface area contributed by atoms with Crippen molar-refractivity contribution in [3.63, 3.8) is 0 Å². The van der Waals surface area contributed by atoms with Gasteiger partial charge >= 0.3 is 0 Å². The number of rotatable bonds is 9. The summed E-state index contributed by atoms with van der Waals surface area (Å²) in [4.78, 5) is 0. The van der Waals surface area contributed by atoms with Gasteiger partial charge in [-0.15, -0.1) is 0 Å². The van der Waals surface area contributed by atoms with Crippen LogP contribution in [0.4, 0.5) is 0 Å². The van der Waals surface area contributed by atoms with E-state index in [0.29, 0.717) is 16.7 Å². The molecule has 0 aromatic heterocycles. The molecule has 35 heavy (non-hydrogen) atoms. The first-order valence-corrected chi connectivity index (χ1v) is 12.0. The fourth-order valence-corrected chi connectivity index (χ4v) is 5.65. The number of aliphatic hydroxyl groups is 5. The van der Waals surface area contributed by atoms with Crippen LogP contribution in [0, 0.1) is 0 Å². The van der Waals surface area contributed by atoms with Gasteiger partial charge in [0.2, 0.25) is 5.79 Å². The smallest absolute Gasteiger partial charge is 0.203 e. The summed E-state index contributed by atoms with van der Waals surface area (Å²) in [7, 11) is 0. The van der Waals surface area contributed by atoms with Crippen molar-refractivity contribution in [2.24, 2.45) is 0 Å². The van der Waals surface area contributed by atoms with Gasteiger partial charge in [0.05, 0.1) is 6.61 Å². The lowest BCUT2D eigenvalue weighted by atomic mass is 9.62. The van der Waals surface area contributed by atoms with Crippen LogP contribution in [-0.4, -0.2) is 60.8 Å². The number of aliphatic hydroxyl groups excluding tert-OH is 2. The topological polar surface area (TPSA) is 110 Å². The van der Waals surface area contributed by atoms with E-state index in [2.05, 4.69) is 0 Å². The van der Waals surface area contributed by atoms with Gasteiger partial charge in [-0.1, -0.05) is 97.9 Å². The second-order valence-corrected chi connectivity index (χ2v) is 9.54. The molecule has 0 amide bonds. The molecule has 0 bridgehead atoms. The molecule has 0 radical (unpaired) electrons. The zero-order valence-electron chi connectivity index (χ0n) is 19.9. The van der Waals surface area contributed by atoms with Gasteiger partial charge in [0.25, 0.3) is 0 Å². The van der Waals surface area contributed by atoms with Crippen LogP contribution in [0.5, 0.6) is 0 Å². The Balaban J connectivity index is 1.94. The maximum absolute atomic E-state index is 12.5. The van der Waals surface area contributed by atoms with Gasteiger partial charge in [-0.05, 0) is 23.1 Å². The van der Waals surface area contributed by atoms with Crippen LogP contribution in [-0.2, 0) is 24.0 Å². The van der Waals surface area contributed by atoms with Gasteiger partial charge in [-0.25, -0.2) is 0 Å². The summed E-state index contributed by atoms with van der Waals surface area (Å²) in [6.45, 7) is 0.986. The molecule has 1 unspecified atom stereocenters. The Morgan fingerprint density at radius 1 is 0.657 bits per heavy atom. The third-order valence-corrected chi connectivity index (χ3v) is 7.51. The van der Waals surface area contributed by atoms with E-state index in [1.165, 1.54) is 0 Å². The minimum Gasteiger partial charge on any atom is -0.394 e. The summed E-state index contributed by atoms with van der Waals surface area (Å²) in [6, 6.07) is 27.2. The zero-order valence-corrected chi connectivity index (χ0v) is 19.9. The standard InChI is InChI=1S/C29H34O6/c1-2-26(25(31)21-30)27(32,18-22-12-6-3-7-13-22)28(33,19-23-14-8-4-9-15-23)29(34,35-26)20-24-16-10-5-11-17-24/h3-17,25,30-34H,2,18-21H2,1H3/t25-,26-,27+,28-,29?/m1/s1. The Hall–Kier alpha value is -2.58. The maximum Gasteiger partial charge on any atom is 0.203 e. The molecule has 186 valence electrons. The lowest BCUT2D eigenvalue weighted by Gasteiger charge is -2.48. The minimum atomic E-state index is -2.28. The fraction of sp³-hybridized carbons (Fsp3) is 0.379. The zero-order chi connectivity index (χ0) is 25.2. The molecule has 0 saturated carbocycles. The fourth-order valence-electron chi connectivity index (χ4n) is 5.65. The summed E-state index contributed by atoms with van der Waals surface area (Å²) >= 11 is 0. The van der Waals surface area contributed by atoms with Crippen LogP contribution >= 0.6 is 0 Å². The highest BCUT2D eigenvalue weighted by Gasteiger charge is 2.79. The molecule has 1 heterocycles. The number of hydrogen-bond donors (Lipinski definition) is 5. The van der Waals surface area contributed by atoms with Crippen molar-refractivity contribution >= 4 is 0 Å². The van der Waals surface area contributed by atoms with Gasteiger partial charge in [0.15, 0.2) is 5.60 Å². The van der Waals surface area contributed by atoms with Gasteiger partial charge < -0.3 is 30.3 Å². The summed E-state index contributed by atoms with van der Waals surface area (Å²) in [5, 5.41) is 58.2. The average molecular weight is 479 g/mol. The van der Waals surface area contributed by atoms with E-state index < -0.39 is 35.3 Å². The van der Waals surface area contributed by atoms with Crippen LogP contribution in [0.1, 0.15) is 30.0 Å². The molecular formula is C29H34O6. The van der Waals surface area contributed by atoms with Crippen LogP contribution in [0.25, 0.3) is 0 Å². The quantitative estimate of drug-likeness (QED) is 0.323. The van der Waals surface area contributed by atoms with E-state index in [1.54, 1.807) is 43.3 Å². The molecule has 6 heteroatoms. The van der Waals surface area contributed by atoms with Gasteiger partial charge in [-0.2, -0.15) is 0 Å². The Bertz CT molecular complexity index is 1090. The Labute approximate surface area is 206 Å². The summed E-state index contributed by atoms with van der Waals surface area (Å²) < 4.78 is 6.26. The van der Waals surface area contributed by atoms with Crippen LogP contribution in [0.3, 0.4) is 0 Å². The highest BCUT2D eigenvalue weighted by Crippen LogP contribution is 2.57. The Morgan fingerprint density at radius 2 is 1.06 bits per heavy atom. The van der Waals surface area contributed by atoms with E-state index in [-0.39, 0.29) is 25.7 Å². The highest BCUT2D eigenvalue weighted by atomic mass is 16.7. The van der Waals surface area contributed by atoms with Crippen molar-refractivity contribution in [2.75, 3.05) is 6.61 Å². The summed E-state index contributed by atoms with van der Waals surface area (Å²) in [5.74, 6) is -2.28. The van der Waals surface area contributed by atoms with E-state index in [1.807, 2.05) is 54.6 Å². The molecule has 3 aromatic rings. The SMILES string of the molecule is CC[C@]1([C@H](O)CO)OC(O)(Cc2ccccc2)[C@@](O)(Cc2ccccc2)[C@]1(O)Cc1ccccc1. The van der Waals surface area contributed by atoms with Crippen molar-refractivity contribution in [1.82, 2.24) is 0 Å². The van der Waals surface area contributed by atoms with E-state index in [0.717, 1.165) is 0 Å². The molecule has 1 fully saturated rings. The molecule has 0 aliphatic carbocycles. The number of ether oxygens (including phenoxy) is 1. The number of benzene rings is 3. The largest absolute Gasteiger partial charge is 0.394 e. The first-order valence-electron chi connectivity index (χ1n) is 12.0. The molecule has 1 aliphatic rings.